The van der Waals surface area contributed by atoms with Crippen LogP contribution in [0.4, 0.5) is 0 Å². The summed E-state index contributed by atoms with van der Waals surface area (Å²) < 4.78 is 1.79. The number of amides is 1. The molecular weight excluding hydrogens is 368 g/mol. The molecular formula is C21H24N6O2. The summed E-state index contributed by atoms with van der Waals surface area (Å²) in [5.74, 6) is 1.26. The molecule has 29 heavy (non-hydrogen) atoms. The monoisotopic (exact) mass is 392 g/mol. The molecule has 3 aromatic rings. The Hall–Kier alpha value is -3.03. The molecule has 2 aliphatic rings. The SMILES string of the molecule is Cc1ccc(CC(=O)N2CCC(n3nnc4c(=O)[nH]c(C5CC5)nc43)CC2)cc1. The number of nitrogens with one attached hydrogen (secondary N) is 1. The van der Waals surface area contributed by atoms with Crippen LogP contribution in [0.5, 0.6) is 0 Å². The van der Waals surface area contributed by atoms with E-state index in [1.807, 2.05) is 36.1 Å². The van der Waals surface area contributed by atoms with Crippen LogP contribution >= 0.6 is 0 Å². The number of aryl methyl sites for hydroxylation is 1. The van der Waals surface area contributed by atoms with Gasteiger partial charge in [0.05, 0.1) is 12.5 Å². The van der Waals surface area contributed by atoms with Crippen molar-refractivity contribution < 1.29 is 4.79 Å². The molecule has 0 unspecified atom stereocenters. The smallest absolute Gasteiger partial charge is 0.281 e. The second kappa shape index (κ2) is 7.09. The van der Waals surface area contributed by atoms with Gasteiger partial charge in [0, 0.05) is 19.0 Å². The summed E-state index contributed by atoms with van der Waals surface area (Å²) in [4.78, 5) is 34.4. The van der Waals surface area contributed by atoms with E-state index < -0.39 is 0 Å². The zero-order chi connectivity index (χ0) is 20.0. The number of likely N-dealkylation sites (tertiary alicyclic amines) is 1. The van der Waals surface area contributed by atoms with Crippen molar-refractivity contribution >= 4 is 17.1 Å². The van der Waals surface area contributed by atoms with E-state index in [0.29, 0.717) is 36.6 Å². The van der Waals surface area contributed by atoms with E-state index in [-0.39, 0.29) is 17.5 Å². The van der Waals surface area contributed by atoms with E-state index in [4.69, 9.17) is 0 Å². The Bertz CT molecular complexity index is 1100. The van der Waals surface area contributed by atoms with Crippen LogP contribution in [0.3, 0.4) is 0 Å². The standard InChI is InChI=1S/C21H24N6O2/c1-13-2-4-14(5-3-13)12-17(28)26-10-8-16(9-11-26)27-20-18(24-25-27)21(29)23-19(22-20)15-6-7-15/h2-5,15-16H,6-12H2,1H3,(H,22,23,29). The Morgan fingerprint density at radius 3 is 2.55 bits per heavy atom. The normalized spacial score (nSPS) is 17.8. The minimum atomic E-state index is -0.214. The fraction of sp³-hybridized carbons (Fsp3) is 0.476. The van der Waals surface area contributed by atoms with Gasteiger partial charge in [0.15, 0.2) is 11.2 Å². The highest BCUT2D eigenvalue weighted by atomic mass is 16.2. The molecule has 1 aromatic carbocycles. The van der Waals surface area contributed by atoms with E-state index in [9.17, 15) is 9.59 Å². The number of piperidine rings is 1. The molecule has 0 radical (unpaired) electrons. The maximum Gasteiger partial charge on any atom is 0.281 e. The fourth-order valence-electron chi connectivity index (χ4n) is 4.01. The summed E-state index contributed by atoms with van der Waals surface area (Å²) in [5.41, 5.74) is 2.89. The molecule has 1 aliphatic heterocycles. The number of aromatic amines is 1. The van der Waals surface area contributed by atoms with Gasteiger partial charge in [0.1, 0.15) is 5.82 Å². The van der Waals surface area contributed by atoms with Crippen molar-refractivity contribution in [2.75, 3.05) is 13.1 Å². The summed E-state index contributed by atoms with van der Waals surface area (Å²) in [5, 5.41) is 8.28. The molecule has 0 bridgehead atoms. The zero-order valence-corrected chi connectivity index (χ0v) is 16.5. The minimum absolute atomic E-state index is 0.102. The van der Waals surface area contributed by atoms with E-state index in [1.165, 1.54) is 5.56 Å². The third-order valence-electron chi connectivity index (χ3n) is 5.96. The summed E-state index contributed by atoms with van der Waals surface area (Å²) >= 11 is 0. The number of carbonyl (C=O) groups excluding carboxylic acids is 1. The second-order valence-electron chi connectivity index (χ2n) is 8.21. The molecule has 1 N–H and O–H groups in total. The molecule has 0 atom stereocenters. The molecule has 2 aromatic heterocycles. The van der Waals surface area contributed by atoms with Crippen molar-refractivity contribution in [2.45, 2.75) is 51.0 Å². The predicted octanol–water partition coefficient (Wildman–Crippen LogP) is 2.11. The lowest BCUT2D eigenvalue weighted by atomic mass is 10.0. The molecule has 1 saturated heterocycles. The molecule has 5 rings (SSSR count). The Morgan fingerprint density at radius 1 is 1.14 bits per heavy atom. The molecule has 1 saturated carbocycles. The van der Waals surface area contributed by atoms with Crippen molar-refractivity contribution in [2.24, 2.45) is 0 Å². The maximum atomic E-state index is 12.7. The van der Waals surface area contributed by atoms with Crippen molar-refractivity contribution in [3.63, 3.8) is 0 Å². The number of aromatic nitrogens is 5. The first kappa shape index (κ1) is 18.0. The topological polar surface area (TPSA) is 96.8 Å². The molecule has 2 fully saturated rings. The Morgan fingerprint density at radius 2 is 1.86 bits per heavy atom. The molecule has 150 valence electrons. The van der Waals surface area contributed by atoms with Gasteiger partial charge in [-0.2, -0.15) is 0 Å². The van der Waals surface area contributed by atoms with E-state index in [2.05, 4.69) is 20.3 Å². The first-order valence-electron chi connectivity index (χ1n) is 10.3. The van der Waals surface area contributed by atoms with Crippen molar-refractivity contribution in [1.29, 1.82) is 0 Å². The predicted molar refractivity (Wildman–Crippen MR) is 108 cm³/mol. The number of fused-ring (bicyclic) bond motifs is 1. The van der Waals surface area contributed by atoms with Crippen LogP contribution in [0.25, 0.3) is 11.2 Å². The number of nitrogens with zero attached hydrogens (tertiary/aromatic N) is 5. The number of benzene rings is 1. The van der Waals surface area contributed by atoms with Crippen molar-refractivity contribution in [1.82, 2.24) is 29.9 Å². The van der Waals surface area contributed by atoms with Gasteiger partial charge in [0.2, 0.25) is 5.91 Å². The number of hydrogen-bond acceptors (Lipinski definition) is 5. The third kappa shape index (κ3) is 3.54. The highest BCUT2D eigenvalue weighted by molar-refractivity contribution is 5.79. The van der Waals surface area contributed by atoms with Crippen LogP contribution in [-0.4, -0.2) is 48.9 Å². The van der Waals surface area contributed by atoms with Crippen LogP contribution in [0.1, 0.15) is 54.6 Å². The first-order chi connectivity index (χ1) is 14.1. The highest BCUT2D eigenvalue weighted by Crippen LogP contribution is 2.38. The maximum absolute atomic E-state index is 12.7. The van der Waals surface area contributed by atoms with Gasteiger partial charge < -0.3 is 9.88 Å². The third-order valence-corrected chi connectivity index (χ3v) is 5.96. The van der Waals surface area contributed by atoms with Gasteiger partial charge in [-0.1, -0.05) is 35.0 Å². The van der Waals surface area contributed by atoms with Gasteiger partial charge >= 0.3 is 0 Å². The Kier molecular flexibility index (Phi) is 4.41. The number of H-pyrrole nitrogens is 1. The van der Waals surface area contributed by atoms with Gasteiger partial charge in [-0.3, -0.25) is 9.59 Å². The largest absolute Gasteiger partial charge is 0.342 e. The van der Waals surface area contributed by atoms with Gasteiger partial charge in [-0.25, -0.2) is 9.67 Å². The zero-order valence-electron chi connectivity index (χ0n) is 16.5. The minimum Gasteiger partial charge on any atom is -0.342 e. The van der Waals surface area contributed by atoms with E-state index >= 15 is 0 Å². The first-order valence-corrected chi connectivity index (χ1v) is 10.3. The lowest BCUT2D eigenvalue weighted by Gasteiger charge is -2.32. The molecule has 3 heterocycles. The number of rotatable bonds is 4. The lowest BCUT2D eigenvalue weighted by Crippen LogP contribution is -2.40. The summed E-state index contributed by atoms with van der Waals surface area (Å²) in [6.07, 6.45) is 4.13. The van der Waals surface area contributed by atoms with Crippen LogP contribution in [0.2, 0.25) is 0 Å². The Balaban J connectivity index is 1.28. The molecule has 8 nitrogen and oxygen atoms in total. The molecule has 1 aliphatic carbocycles. The van der Waals surface area contributed by atoms with Crippen LogP contribution < -0.4 is 5.56 Å². The highest BCUT2D eigenvalue weighted by Gasteiger charge is 2.30. The van der Waals surface area contributed by atoms with Crippen LogP contribution in [0, 0.1) is 6.92 Å². The van der Waals surface area contributed by atoms with E-state index in [0.717, 1.165) is 37.1 Å². The lowest BCUT2D eigenvalue weighted by molar-refractivity contribution is -0.131. The second-order valence-corrected chi connectivity index (χ2v) is 8.21. The summed E-state index contributed by atoms with van der Waals surface area (Å²) in [6.45, 7) is 3.39. The summed E-state index contributed by atoms with van der Waals surface area (Å²) in [6, 6.07) is 8.21. The fourth-order valence-corrected chi connectivity index (χ4v) is 4.01. The quantitative estimate of drug-likeness (QED) is 0.733. The van der Waals surface area contributed by atoms with Crippen molar-refractivity contribution in [3.05, 3.63) is 51.6 Å². The summed E-state index contributed by atoms with van der Waals surface area (Å²) in [7, 11) is 0. The average Bonchev–Trinajstić information content (AvgIpc) is 3.49. The average molecular weight is 392 g/mol. The number of carbonyl (C=O) groups is 1. The van der Waals surface area contributed by atoms with Crippen molar-refractivity contribution in [3.8, 4) is 0 Å². The van der Waals surface area contributed by atoms with Gasteiger partial charge in [0.25, 0.3) is 5.56 Å². The Labute approximate surface area is 167 Å². The molecule has 1 amide bonds. The number of hydrogen-bond donors (Lipinski definition) is 1. The van der Waals surface area contributed by atoms with Gasteiger partial charge in [-0.15, -0.1) is 5.10 Å². The van der Waals surface area contributed by atoms with Crippen LogP contribution in [0.15, 0.2) is 29.1 Å². The molecule has 0 spiro atoms. The van der Waals surface area contributed by atoms with E-state index in [1.54, 1.807) is 4.68 Å². The van der Waals surface area contributed by atoms with Crippen LogP contribution in [-0.2, 0) is 11.2 Å². The molecule has 8 heteroatoms. The van der Waals surface area contributed by atoms with Gasteiger partial charge in [-0.05, 0) is 38.2 Å².